The molecule has 1 amide bonds. The normalized spacial score (nSPS) is 13.9. The summed E-state index contributed by atoms with van der Waals surface area (Å²) in [7, 11) is 0. The maximum absolute atomic E-state index is 12.1. The maximum Gasteiger partial charge on any atom is 0.231 e. The van der Waals surface area contributed by atoms with Crippen molar-refractivity contribution >= 4 is 21.8 Å². The predicted octanol–water partition coefficient (Wildman–Crippen LogP) is 2.33. The number of carbonyl (C=O) groups excluding carboxylic acids is 1. The van der Waals surface area contributed by atoms with Gasteiger partial charge in [0.2, 0.25) is 12.7 Å². The van der Waals surface area contributed by atoms with Crippen LogP contribution in [0.1, 0.15) is 12.5 Å². The molecule has 0 fully saturated rings. The van der Waals surface area contributed by atoms with Crippen molar-refractivity contribution < 1.29 is 14.3 Å². The van der Waals surface area contributed by atoms with Crippen LogP contribution in [0.15, 0.2) is 35.1 Å². The van der Waals surface area contributed by atoms with E-state index in [1.807, 2.05) is 31.3 Å². The Bertz CT molecular complexity index is 686. The van der Waals surface area contributed by atoms with Gasteiger partial charge in [-0.25, -0.2) is 0 Å². The average molecular weight is 366 g/mol. The highest BCUT2D eigenvalue weighted by molar-refractivity contribution is 9.10. The van der Waals surface area contributed by atoms with Crippen LogP contribution in [0.5, 0.6) is 11.5 Å². The van der Waals surface area contributed by atoms with Gasteiger partial charge in [0.25, 0.3) is 0 Å². The van der Waals surface area contributed by atoms with Gasteiger partial charge < -0.3 is 14.8 Å². The number of carbonyl (C=O) groups is 1. The van der Waals surface area contributed by atoms with E-state index in [9.17, 15) is 4.79 Å². The highest BCUT2D eigenvalue weighted by Gasteiger charge is 2.16. The van der Waals surface area contributed by atoms with Crippen LogP contribution >= 0.6 is 15.9 Å². The summed E-state index contributed by atoms with van der Waals surface area (Å²) in [6.45, 7) is 3.13. The minimum atomic E-state index is -0.166. The van der Waals surface area contributed by atoms with Crippen molar-refractivity contribution in [1.29, 1.82) is 0 Å². The third-order valence-corrected chi connectivity index (χ3v) is 3.82. The Morgan fingerprint density at radius 2 is 2.27 bits per heavy atom. The van der Waals surface area contributed by atoms with Crippen molar-refractivity contribution in [3.8, 4) is 11.5 Å². The second-order valence-corrected chi connectivity index (χ2v) is 6.10. The Kier molecular flexibility index (Phi) is 4.33. The zero-order chi connectivity index (χ0) is 15.5. The van der Waals surface area contributed by atoms with E-state index in [0.29, 0.717) is 13.1 Å². The molecule has 0 radical (unpaired) electrons. The molecule has 0 saturated carbocycles. The van der Waals surface area contributed by atoms with E-state index in [4.69, 9.17) is 9.47 Å². The van der Waals surface area contributed by atoms with E-state index in [2.05, 4.69) is 26.3 Å². The molecule has 1 aliphatic heterocycles. The second kappa shape index (κ2) is 6.39. The summed E-state index contributed by atoms with van der Waals surface area (Å²) in [5.74, 6) is 1.29. The molecule has 0 aliphatic carbocycles. The van der Waals surface area contributed by atoms with Gasteiger partial charge in [-0.3, -0.25) is 9.48 Å². The monoisotopic (exact) mass is 365 g/mol. The molecule has 2 heterocycles. The van der Waals surface area contributed by atoms with Crippen LogP contribution in [-0.4, -0.2) is 22.5 Å². The number of rotatable bonds is 5. The molecule has 0 spiro atoms. The Balaban J connectivity index is 1.53. The topological polar surface area (TPSA) is 65.4 Å². The zero-order valence-electron chi connectivity index (χ0n) is 12.1. The number of hydrogen-bond donors (Lipinski definition) is 1. The van der Waals surface area contributed by atoms with Crippen molar-refractivity contribution in [2.24, 2.45) is 5.92 Å². The molecule has 6 nitrogen and oxygen atoms in total. The van der Waals surface area contributed by atoms with Gasteiger partial charge in [0, 0.05) is 12.7 Å². The number of nitrogens with one attached hydrogen (secondary N) is 1. The molecule has 1 atom stereocenters. The van der Waals surface area contributed by atoms with Crippen LogP contribution in [-0.2, 0) is 17.9 Å². The molecule has 22 heavy (non-hydrogen) atoms. The van der Waals surface area contributed by atoms with Crippen LogP contribution in [0.25, 0.3) is 0 Å². The van der Waals surface area contributed by atoms with E-state index in [1.54, 1.807) is 10.9 Å². The van der Waals surface area contributed by atoms with Gasteiger partial charge >= 0.3 is 0 Å². The van der Waals surface area contributed by atoms with Crippen LogP contribution in [0.2, 0.25) is 0 Å². The lowest BCUT2D eigenvalue weighted by atomic mass is 10.1. The Labute approximate surface area is 136 Å². The standard InChI is InChI=1S/C15H16BrN3O3/c1-10(7-19-8-12(16)6-18-19)15(20)17-5-11-2-3-13-14(4-11)22-9-21-13/h2-4,6,8,10H,5,7,9H2,1H3,(H,17,20)/t10-/m0/s1. The van der Waals surface area contributed by atoms with E-state index >= 15 is 0 Å². The van der Waals surface area contributed by atoms with Crippen LogP contribution in [0.3, 0.4) is 0 Å². The fourth-order valence-corrected chi connectivity index (χ4v) is 2.54. The van der Waals surface area contributed by atoms with Crippen molar-refractivity contribution in [1.82, 2.24) is 15.1 Å². The number of hydrogen-bond acceptors (Lipinski definition) is 4. The number of halogens is 1. The molecule has 7 heteroatoms. The van der Waals surface area contributed by atoms with Gasteiger partial charge in [0.1, 0.15) is 0 Å². The zero-order valence-corrected chi connectivity index (χ0v) is 13.7. The van der Waals surface area contributed by atoms with Crippen LogP contribution in [0, 0.1) is 5.92 Å². The SMILES string of the molecule is C[C@@H](Cn1cc(Br)cn1)C(=O)NCc1ccc2c(c1)OCO2. The molecular formula is C15H16BrN3O3. The molecule has 3 rings (SSSR count). The first-order chi connectivity index (χ1) is 10.6. The van der Waals surface area contributed by atoms with E-state index in [1.165, 1.54) is 0 Å². The average Bonchev–Trinajstić information content (AvgIpc) is 3.12. The minimum Gasteiger partial charge on any atom is -0.454 e. The van der Waals surface area contributed by atoms with Gasteiger partial charge in [-0.2, -0.15) is 5.10 Å². The molecule has 0 saturated heterocycles. The first-order valence-electron chi connectivity index (χ1n) is 6.96. The molecule has 116 valence electrons. The molecular weight excluding hydrogens is 350 g/mol. The summed E-state index contributed by atoms with van der Waals surface area (Å²) in [6, 6.07) is 5.66. The van der Waals surface area contributed by atoms with Crippen molar-refractivity contribution in [3.63, 3.8) is 0 Å². The summed E-state index contributed by atoms with van der Waals surface area (Å²) in [6.07, 6.45) is 3.55. The highest BCUT2D eigenvalue weighted by atomic mass is 79.9. The molecule has 1 aliphatic rings. The maximum atomic E-state index is 12.1. The number of nitrogens with zero attached hydrogens (tertiary/aromatic N) is 2. The molecule has 2 aromatic rings. The smallest absolute Gasteiger partial charge is 0.231 e. The summed E-state index contributed by atoms with van der Waals surface area (Å²) >= 11 is 3.34. The summed E-state index contributed by atoms with van der Waals surface area (Å²) in [5.41, 5.74) is 0.978. The third kappa shape index (κ3) is 3.41. The fraction of sp³-hybridized carbons (Fsp3) is 0.333. The van der Waals surface area contributed by atoms with Gasteiger partial charge in [0.05, 0.1) is 23.1 Å². The molecule has 1 N–H and O–H groups in total. The molecule has 0 bridgehead atoms. The molecule has 0 unspecified atom stereocenters. The predicted molar refractivity (Wildman–Crippen MR) is 83.5 cm³/mol. The Morgan fingerprint density at radius 1 is 1.45 bits per heavy atom. The van der Waals surface area contributed by atoms with Crippen molar-refractivity contribution in [3.05, 3.63) is 40.6 Å². The summed E-state index contributed by atoms with van der Waals surface area (Å²) < 4.78 is 13.2. The summed E-state index contributed by atoms with van der Waals surface area (Å²) in [4.78, 5) is 12.1. The number of fused-ring (bicyclic) bond motifs is 1. The Morgan fingerprint density at radius 3 is 3.05 bits per heavy atom. The lowest BCUT2D eigenvalue weighted by Gasteiger charge is -2.12. The fourth-order valence-electron chi connectivity index (χ4n) is 2.22. The summed E-state index contributed by atoms with van der Waals surface area (Å²) in [5, 5.41) is 7.08. The second-order valence-electron chi connectivity index (χ2n) is 5.19. The van der Waals surface area contributed by atoms with Gasteiger partial charge in [-0.1, -0.05) is 13.0 Å². The Hall–Kier alpha value is -2.02. The lowest BCUT2D eigenvalue weighted by molar-refractivity contribution is -0.125. The van der Waals surface area contributed by atoms with Gasteiger partial charge in [-0.05, 0) is 33.6 Å². The number of amides is 1. The van der Waals surface area contributed by atoms with E-state index < -0.39 is 0 Å². The van der Waals surface area contributed by atoms with Crippen LogP contribution < -0.4 is 14.8 Å². The molecule has 1 aromatic carbocycles. The lowest BCUT2D eigenvalue weighted by Crippen LogP contribution is -2.31. The largest absolute Gasteiger partial charge is 0.454 e. The van der Waals surface area contributed by atoms with Crippen molar-refractivity contribution in [2.75, 3.05) is 6.79 Å². The quantitative estimate of drug-likeness (QED) is 0.882. The minimum absolute atomic E-state index is 0.00992. The van der Waals surface area contributed by atoms with Crippen molar-refractivity contribution in [2.45, 2.75) is 20.0 Å². The first-order valence-corrected chi connectivity index (χ1v) is 7.75. The number of aromatic nitrogens is 2. The van der Waals surface area contributed by atoms with Gasteiger partial charge in [-0.15, -0.1) is 0 Å². The molecule has 1 aromatic heterocycles. The first kappa shape index (κ1) is 14.9. The van der Waals surface area contributed by atoms with Crippen LogP contribution in [0.4, 0.5) is 0 Å². The third-order valence-electron chi connectivity index (χ3n) is 3.41. The van der Waals surface area contributed by atoms with E-state index in [0.717, 1.165) is 21.5 Å². The van der Waals surface area contributed by atoms with E-state index in [-0.39, 0.29) is 18.6 Å². The number of benzene rings is 1. The highest BCUT2D eigenvalue weighted by Crippen LogP contribution is 2.32. The number of ether oxygens (including phenoxy) is 2. The van der Waals surface area contributed by atoms with Gasteiger partial charge in [0.15, 0.2) is 11.5 Å².